The fraction of sp³-hybridized carbons (Fsp3) is 0.500. The molecule has 0 aromatic carbocycles. The van der Waals surface area contributed by atoms with E-state index in [1.165, 1.54) is 6.07 Å². The van der Waals surface area contributed by atoms with Gasteiger partial charge in [-0.15, -0.1) is 0 Å². The number of H-pyrrole nitrogens is 2. The number of aromatic amines is 2. The first kappa shape index (κ1) is 9.73. The number of nitrogens with one attached hydrogen (secondary N) is 3. The summed E-state index contributed by atoms with van der Waals surface area (Å²) in [5.41, 5.74) is -0.208. The quantitative estimate of drug-likeness (QED) is 0.554. The molecule has 0 fully saturated rings. The molecule has 0 saturated heterocycles. The summed E-state index contributed by atoms with van der Waals surface area (Å²) < 4.78 is 0. The summed E-state index contributed by atoms with van der Waals surface area (Å²) in [6, 6.07) is 1.38. The van der Waals surface area contributed by atoms with Crippen LogP contribution in [-0.4, -0.2) is 16.5 Å². The zero-order valence-corrected chi connectivity index (χ0v) is 7.52. The van der Waals surface area contributed by atoms with Crippen molar-refractivity contribution in [3.63, 3.8) is 0 Å². The van der Waals surface area contributed by atoms with Crippen LogP contribution in [0.25, 0.3) is 0 Å². The van der Waals surface area contributed by atoms with Gasteiger partial charge in [0.05, 0.1) is 0 Å². The van der Waals surface area contributed by atoms with E-state index in [4.69, 9.17) is 0 Å². The molecule has 1 aromatic rings. The normalized spacial score (nSPS) is 10.2. The van der Waals surface area contributed by atoms with E-state index >= 15 is 0 Å². The van der Waals surface area contributed by atoms with Gasteiger partial charge in [0.25, 0.3) is 5.56 Å². The second-order valence-electron chi connectivity index (χ2n) is 2.79. The van der Waals surface area contributed by atoms with Crippen LogP contribution in [-0.2, 0) is 6.54 Å². The maximum absolute atomic E-state index is 10.8. The van der Waals surface area contributed by atoms with Crippen molar-refractivity contribution in [3.05, 3.63) is 32.6 Å². The number of hydrogen-bond acceptors (Lipinski definition) is 3. The highest BCUT2D eigenvalue weighted by Gasteiger charge is 1.94. The Morgan fingerprint density at radius 1 is 1.38 bits per heavy atom. The zero-order chi connectivity index (χ0) is 9.68. The van der Waals surface area contributed by atoms with Crippen LogP contribution in [0.15, 0.2) is 15.7 Å². The second kappa shape index (κ2) is 4.61. The highest BCUT2D eigenvalue weighted by Crippen LogP contribution is 1.83. The Morgan fingerprint density at radius 2 is 2.15 bits per heavy atom. The maximum Gasteiger partial charge on any atom is 0.325 e. The molecule has 5 heteroatoms. The van der Waals surface area contributed by atoms with Gasteiger partial charge in [-0.2, -0.15) is 0 Å². The average Bonchev–Trinajstić information content (AvgIpc) is 2.03. The lowest BCUT2D eigenvalue weighted by molar-refractivity contribution is 0.659. The molecule has 1 aromatic heterocycles. The maximum atomic E-state index is 10.8. The first-order chi connectivity index (χ1) is 6.22. The van der Waals surface area contributed by atoms with Crippen molar-refractivity contribution in [1.82, 2.24) is 15.3 Å². The van der Waals surface area contributed by atoms with Crippen LogP contribution in [0.5, 0.6) is 0 Å². The van der Waals surface area contributed by atoms with Crippen LogP contribution in [0.1, 0.15) is 19.0 Å². The Balaban J connectivity index is 2.67. The fourth-order valence-electron chi connectivity index (χ4n) is 1.01. The Kier molecular flexibility index (Phi) is 3.45. The number of hydrogen-bond donors (Lipinski definition) is 3. The van der Waals surface area contributed by atoms with Crippen LogP contribution in [0, 0.1) is 0 Å². The molecule has 0 aliphatic carbocycles. The smallest absolute Gasteiger partial charge is 0.311 e. The van der Waals surface area contributed by atoms with Crippen LogP contribution < -0.4 is 16.6 Å². The summed E-state index contributed by atoms with van der Waals surface area (Å²) in [6.07, 6.45) is 1.02. The largest absolute Gasteiger partial charge is 0.325 e. The molecule has 5 nitrogen and oxygen atoms in total. The van der Waals surface area contributed by atoms with Gasteiger partial charge in [-0.05, 0) is 13.0 Å². The van der Waals surface area contributed by atoms with E-state index in [0.29, 0.717) is 12.2 Å². The molecule has 1 heterocycles. The predicted octanol–water partition coefficient (Wildman–Crippen LogP) is -0.437. The van der Waals surface area contributed by atoms with Gasteiger partial charge >= 0.3 is 5.69 Å². The van der Waals surface area contributed by atoms with Crippen LogP contribution >= 0.6 is 0 Å². The second-order valence-corrected chi connectivity index (χ2v) is 2.79. The Hall–Kier alpha value is -1.36. The molecular weight excluding hydrogens is 170 g/mol. The van der Waals surface area contributed by atoms with Gasteiger partial charge in [-0.1, -0.05) is 6.92 Å². The van der Waals surface area contributed by atoms with E-state index in [2.05, 4.69) is 15.3 Å². The number of rotatable bonds is 4. The molecule has 0 bridgehead atoms. The molecule has 0 aliphatic rings. The van der Waals surface area contributed by atoms with Crippen molar-refractivity contribution in [1.29, 1.82) is 0 Å². The van der Waals surface area contributed by atoms with E-state index in [9.17, 15) is 9.59 Å². The standard InChI is InChI=1S/C8H13N3O2/c1-2-3-9-5-6-4-7(12)11-8(13)10-6/h4,9H,2-3,5H2,1H3,(H2,10,11,12,13). The predicted molar refractivity (Wildman–Crippen MR) is 49.7 cm³/mol. The van der Waals surface area contributed by atoms with E-state index in [0.717, 1.165) is 13.0 Å². The van der Waals surface area contributed by atoms with Gasteiger partial charge in [-0.3, -0.25) is 9.78 Å². The third-order valence-electron chi connectivity index (χ3n) is 1.56. The van der Waals surface area contributed by atoms with Gasteiger partial charge in [0.1, 0.15) is 0 Å². The number of aromatic nitrogens is 2. The Bertz CT molecular complexity index is 338. The molecule has 0 aliphatic heterocycles. The SMILES string of the molecule is CCCNCc1cc(=O)[nH]c(=O)[nH]1. The lowest BCUT2D eigenvalue weighted by Crippen LogP contribution is -2.25. The third kappa shape index (κ3) is 3.25. The first-order valence-electron chi connectivity index (χ1n) is 4.25. The van der Waals surface area contributed by atoms with E-state index in [1.54, 1.807) is 0 Å². The highest BCUT2D eigenvalue weighted by atomic mass is 16.2. The van der Waals surface area contributed by atoms with Gasteiger partial charge < -0.3 is 10.3 Å². The summed E-state index contributed by atoms with van der Waals surface area (Å²) in [7, 11) is 0. The van der Waals surface area contributed by atoms with Gasteiger partial charge in [0.2, 0.25) is 0 Å². The zero-order valence-electron chi connectivity index (χ0n) is 7.52. The lowest BCUT2D eigenvalue weighted by atomic mass is 10.4. The van der Waals surface area contributed by atoms with Crippen molar-refractivity contribution < 1.29 is 0 Å². The van der Waals surface area contributed by atoms with Gasteiger partial charge in [0, 0.05) is 18.3 Å². The molecule has 0 radical (unpaired) electrons. The van der Waals surface area contributed by atoms with E-state index in [-0.39, 0.29) is 5.56 Å². The minimum Gasteiger partial charge on any atom is -0.311 e. The Morgan fingerprint density at radius 3 is 2.77 bits per heavy atom. The average molecular weight is 183 g/mol. The summed E-state index contributed by atoms with van der Waals surface area (Å²) in [5.74, 6) is 0. The summed E-state index contributed by atoms with van der Waals surface area (Å²) in [6.45, 7) is 3.44. The van der Waals surface area contributed by atoms with Crippen LogP contribution in [0.3, 0.4) is 0 Å². The molecule has 0 saturated carbocycles. The molecular formula is C8H13N3O2. The monoisotopic (exact) mass is 183 g/mol. The van der Waals surface area contributed by atoms with E-state index < -0.39 is 5.69 Å². The van der Waals surface area contributed by atoms with Crippen molar-refractivity contribution in [2.75, 3.05) is 6.54 Å². The van der Waals surface area contributed by atoms with Crippen LogP contribution in [0.4, 0.5) is 0 Å². The van der Waals surface area contributed by atoms with Crippen LogP contribution in [0.2, 0.25) is 0 Å². The van der Waals surface area contributed by atoms with Crippen molar-refractivity contribution in [3.8, 4) is 0 Å². The fourth-order valence-corrected chi connectivity index (χ4v) is 1.01. The molecule has 0 spiro atoms. The first-order valence-corrected chi connectivity index (χ1v) is 4.25. The van der Waals surface area contributed by atoms with Crippen molar-refractivity contribution in [2.24, 2.45) is 0 Å². The summed E-state index contributed by atoms with van der Waals surface area (Å²) in [4.78, 5) is 26.3. The summed E-state index contributed by atoms with van der Waals surface area (Å²) >= 11 is 0. The van der Waals surface area contributed by atoms with Crippen molar-refractivity contribution in [2.45, 2.75) is 19.9 Å². The lowest BCUT2D eigenvalue weighted by Gasteiger charge is -2.01. The topological polar surface area (TPSA) is 77.8 Å². The Labute approximate surface area is 75.2 Å². The minimum atomic E-state index is -0.458. The van der Waals surface area contributed by atoms with Crippen molar-refractivity contribution >= 4 is 0 Å². The molecule has 0 amide bonds. The molecule has 0 unspecified atom stereocenters. The van der Waals surface area contributed by atoms with Gasteiger partial charge in [0.15, 0.2) is 0 Å². The molecule has 3 N–H and O–H groups in total. The molecule has 1 rings (SSSR count). The third-order valence-corrected chi connectivity index (χ3v) is 1.56. The molecule has 13 heavy (non-hydrogen) atoms. The van der Waals surface area contributed by atoms with E-state index in [1.807, 2.05) is 6.92 Å². The molecule has 0 atom stereocenters. The minimum absolute atomic E-state index is 0.364. The summed E-state index contributed by atoms with van der Waals surface area (Å²) in [5, 5.41) is 3.08. The molecule has 72 valence electrons. The highest BCUT2D eigenvalue weighted by molar-refractivity contribution is 4.97. The van der Waals surface area contributed by atoms with Gasteiger partial charge in [-0.25, -0.2) is 4.79 Å².